The standard InChI is InChI=1S/C42H47ClN6O7/c1-26(52)48-24-42(25-48)22-47(23-42)18-30-17-45-36(14-29(30)21-55-2)41(54)49-13-12-33-32(6-5-9-37(33)49)34-7-4-8-35(39(34)43)46-40(53)27-10-11-28(38(15-27)56-3)16-44-31(19-50)20-51/h4-11,14-15,17,31,44,50-51H,12-13,16,18-25H2,1-3H3,(H,46,53). The van der Waals surface area contributed by atoms with Crippen LogP contribution in [0.15, 0.2) is 66.9 Å². The molecule has 294 valence electrons. The summed E-state index contributed by atoms with van der Waals surface area (Å²) in [5, 5.41) is 25.1. The second-order valence-corrected chi connectivity index (χ2v) is 15.3. The van der Waals surface area contributed by atoms with Gasteiger partial charge in [-0.3, -0.25) is 24.3 Å². The molecule has 0 radical (unpaired) electrons. The Kier molecular flexibility index (Phi) is 11.7. The quantitative estimate of drug-likeness (QED) is 0.147. The van der Waals surface area contributed by atoms with Gasteiger partial charge >= 0.3 is 0 Å². The largest absolute Gasteiger partial charge is 0.496 e. The Morgan fingerprint density at radius 1 is 0.946 bits per heavy atom. The molecule has 4 N–H and O–H groups in total. The first kappa shape index (κ1) is 39.3. The van der Waals surface area contributed by atoms with Crippen LogP contribution in [0.2, 0.25) is 5.02 Å². The van der Waals surface area contributed by atoms with E-state index in [9.17, 15) is 24.6 Å². The summed E-state index contributed by atoms with van der Waals surface area (Å²) < 4.78 is 11.1. The predicted molar refractivity (Wildman–Crippen MR) is 213 cm³/mol. The summed E-state index contributed by atoms with van der Waals surface area (Å²) >= 11 is 7.00. The van der Waals surface area contributed by atoms with E-state index in [0.29, 0.717) is 60.4 Å². The van der Waals surface area contributed by atoms with Gasteiger partial charge in [0.15, 0.2) is 0 Å². The fourth-order valence-corrected chi connectivity index (χ4v) is 8.33. The number of pyridine rings is 1. The lowest BCUT2D eigenvalue weighted by atomic mass is 9.72. The number of carbonyl (C=O) groups is 3. The Morgan fingerprint density at radius 3 is 2.41 bits per heavy atom. The molecule has 4 heterocycles. The molecule has 13 nitrogen and oxygen atoms in total. The summed E-state index contributed by atoms with van der Waals surface area (Å²) in [5.74, 6) is 0.0389. The molecule has 4 aromatic rings. The van der Waals surface area contributed by atoms with Gasteiger partial charge in [-0.1, -0.05) is 41.9 Å². The average Bonchev–Trinajstić information content (AvgIpc) is 3.61. The molecule has 1 spiro atoms. The first-order chi connectivity index (χ1) is 27.1. The van der Waals surface area contributed by atoms with Crippen LogP contribution in [0, 0.1) is 5.41 Å². The van der Waals surface area contributed by atoms with Crippen LogP contribution in [-0.2, 0) is 35.6 Å². The number of aliphatic hydroxyl groups excluding tert-OH is 2. The Bertz CT molecular complexity index is 2130. The summed E-state index contributed by atoms with van der Waals surface area (Å²) in [5.41, 5.74) is 7.41. The van der Waals surface area contributed by atoms with Gasteiger partial charge in [-0.25, -0.2) is 0 Å². The number of halogens is 1. The highest BCUT2D eigenvalue weighted by atomic mass is 35.5. The lowest BCUT2D eigenvalue weighted by Gasteiger charge is -2.60. The Morgan fingerprint density at radius 2 is 1.70 bits per heavy atom. The highest BCUT2D eigenvalue weighted by Gasteiger charge is 2.52. The van der Waals surface area contributed by atoms with Gasteiger partial charge in [-0.2, -0.15) is 0 Å². The molecule has 0 unspecified atom stereocenters. The summed E-state index contributed by atoms with van der Waals surface area (Å²) in [4.78, 5) is 49.8. The number of carbonyl (C=O) groups excluding carboxylic acids is 3. The third kappa shape index (κ3) is 7.88. The van der Waals surface area contributed by atoms with E-state index in [1.807, 2.05) is 41.3 Å². The lowest BCUT2D eigenvalue weighted by Crippen LogP contribution is -2.72. The highest BCUT2D eigenvalue weighted by molar-refractivity contribution is 6.36. The van der Waals surface area contributed by atoms with Crippen LogP contribution in [0.25, 0.3) is 11.1 Å². The number of anilines is 2. The second kappa shape index (κ2) is 16.7. The molecule has 2 fully saturated rings. The zero-order valence-electron chi connectivity index (χ0n) is 31.8. The molecule has 0 bridgehead atoms. The molecule has 3 aliphatic heterocycles. The molecule has 0 atom stereocenters. The van der Waals surface area contributed by atoms with E-state index >= 15 is 0 Å². The van der Waals surface area contributed by atoms with E-state index < -0.39 is 6.04 Å². The Labute approximate surface area is 331 Å². The van der Waals surface area contributed by atoms with Crippen LogP contribution in [0.4, 0.5) is 11.4 Å². The van der Waals surface area contributed by atoms with Gasteiger partial charge < -0.3 is 40.1 Å². The van der Waals surface area contributed by atoms with E-state index in [4.69, 9.17) is 21.1 Å². The number of hydrogen-bond donors (Lipinski definition) is 4. The van der Waals surface area contributed by atoms with Crippen LogP contribution in [0.3, 0.4) is 0 Å². The van der Waals surface area contributed by atoms with Crippen molar-refractivity contribution in [3.05, 3.63) is 105 Å². The molecule has 3 aromatic carbocycles. The number of rotatable bonds is 14. The number of fused-ring (bicyclic) bond motifs is 1. The van der Waals surface area contributed by atoms with E-state index in [2.05, 4.69) is 20.5 Å². The summed E-state index contributed by atoms with van der Waals surface area (Å²) in [6, 6.07) is 17.7. The first-order valence-corrected chi connectivity index (χ1v) is 19.1. The van der Waals surface area contributed by atoms with Crippen molar-refractivity contribution in [2.75, 3.05) is 70.4 Å². The molecule has 0 saturated carbocycles. The normalized spacial score (nSPS) is 15.8. The Hall–Kier alpha value is -4.89. The van der Waals surface area contributed by atoms with Crippen molar-refractivity contribution in [2.45, 2.75) is 39.1 Å². The van der Waals surface area contributed by atoms with Crippen LogP contribution < -0.4 is 20.3 Å². The maximum atomic E-state index is 14.0. The molecule has 0 aliphatic carbocycles. The number of likely N-dealkylation sites (tertiary alicyclic amines) is 2. The van der Waals surface area contributed by atoms with Gasteiger partial charge in [0.1, 0.15) is 11.4 Å². The van der Waals surface area contributed by atoms with Crippen LogP contribution in [0.5, 0.6) is 5.75 Å². The minimum absolute atomic E-state index is 0.127. The SMILES string of the molecule is COCc1cc(C(=O)N2CCc3c(-c4cccc(NC(=O)c5ccc(CNC(CO)CO)c(OC)c5)c4Cl)cccc32)ncc1CN1CC2(C1)CN(C(C)=O)C2. The lowest BCUT2D eigenvalue weighted by molar-refractivity contribution is -0.157. The van der Waals surface area contributed by atoms with Gasteiger partial charge in [0.05, 0.1) is 43.7 Å². The monoisotopic (exact) mass is 782 g/mol. The summed E-state index contributed by atoms with van der Waals surface area (Å²) in [6.45, 7) is 6.54. The van der Waals surface area contributed by atoms with Crippen LogP contribution in [-0.4, -0.2) is 109 Å². The average molecular weight is 783 g/mol. The number of benzene rings is 3. The summed E-state index contributed by atoms with van der Waals surface area (Å²) in [6.07, 6.45) is 2.40. The molecule has 7 rings (SSSR count). The number of ether oxygens (including phenoxy) is 2. The molecule has 14 heteroatoms. The highest BCUT2D eigenvalue weighted by Crippen LogP contribution is 2.42. The van der Waals surface area contributed by atoms with Crippen molar-refractivity contribution in [1.82, 2.24) is 20.1 Å². The predicted octanol–water partition coefficient (Wildman–Crippen LogP) is 4.12. The topological polar surface area (TPSA) is 157 Å². The maximum absolute atomic E-state index is 14.0. The number of amides is 3. The zero-order valence-corrected chi connectivity index (χ0v) is 32.6. The molecule has 56 heavy (non-hydrogen) atoms. The fraction of sp³-hybridized carbons (Fsp3) is 0.381. The third-order valence-corrected chi connectivity index (χ3v) is 11.4. The smallest absolute Gasteiger partial charge is 0.276 e. The minimum Gasteiger partial charge on any atom is -0.496 e. The number of aromatic nitrogens is 1. The number of hydrogen-bond acceptors (Lipinski definition) is 10. The molecule has 3 amide bonds. The molecule has 2 saturated heterocycles. The van der Waals surface area contributed by atoms with Crippen molar-refractivity contribution >= 4 is 40.7 Å². The Balaban J connectivity index is 1.05. The second-order valence-electron chi connectivity index (χ2n) is 14.9. The molecule has 1 aromatic heterocycles. The number of aliphatic hydroxyl groups is 2. The maximum Gasteiger partial charge on any atom is 0.276 e. The van der Waals surface area contributed by atoms with Gasteiger partial charge in [0.25, 0.3) is 11.8 Å². The number of nitrogens with one attached hydrogen (secondary N) is 2. The van der Waals surface area contributed by atoms with Crippen molar-refractivity contribution in [1.29, 1.82) is 0 Å². The first-order valence-electron chi connectivity index (χ1n) is 18.7. The van der Waals surface area contributed by atoms with Crippen LogP contribution in [0.1, 0.15) is 50.0 Å². The number of methoxy groups -OCH3 is 2. The van der Waals surface area contributed by atoms with Crippen molar-refractivity contribution in [3.63, 3.8) is 0 Å². The van der Waals surface area contributed by atoms with Crippen molar-refractivity contribution in [2.24, 2.45) is 5.41 Å². The van der Waals surface area contributed by atoms with Gasteiger partial charge in [-0.05, 0) is 59.0 Å². The third-order valence-electron chi connectivity index (χ3n) is 11.0. The summed E-state index contributed by atoms with van der Waals surface area (Å²) in [7, 11) is 3.15. The van der Waals surface area contributed by atoms with Gasteiger partial charge in [-0.15, -0.1) is 0 Å². The van der Waals surface area contributed by atoms with Gasteiger partial charge in [0, 0.05) is 93.8 Å². The molecule has 3 aliphatic rings. The number of nitrogens with zero attached hydrogens (tertiary/aromatic N) is 4. The molecular weight excluding hydrogens is 736 g/mol. The zero-order chi connectivity index (χ0) is 39.6. The van der Waals surface area contributed by atoms with E-state index in [1.54, 1.807) is 49.4 Å². The molecular formula is C42H47ClN6O7. The fourth-order valence-electron chi connectivity index (χ4n) is 8.06. The van der Waals surface area contributed by atoms with Crippen LogP contribution >= 0.6 is 11.6 Å². The minimum atomic E-state index is -0.472. The van der Waals surface area contributed by atoms with E-state index in [1.165, 1.54) is 7.11 Å². The van der Waals surface area contributed by atoms with E-state index in [-0.39, 0.29) is 36.4 Å². The van der Waals surface area contributed by atoms with Crippen molar-refractivity contribution < 1.29 is 34.1 Å². The van der Waals surface area contributed by atoms with Crippen molar-refractivity contribution in [3.8, 4) is 16.9 Å². The van der Waals surface area contributed by atoms with Gasteiger partial charge in [0.2, 0.25) is 5.91 Å². The van der Waals surface area contributed by atoms with E-state index in [0.717, 1.165) is 65.2 Å².